The van der Waals surface area contributed by atoms with Crippen LogP contribution in [0.4, 0.5) is 4.39 Å². The maximum atomic E-state index is 13.4. The lowest BCUT2D eigenvalue weighted by Gasteiger charge is -2.12. The fourth-order valence-electron chi connectivity index (χ4n) is 3.43. The van der Waals surface area contributed by atoms with E-state index in [9.17, 15) is 9.50 Å². The molecule has 0 unspecified atom stereocenters. The number of phenols is 1. The van der Waals surface area contributed by atoms with E-state index in [2.05, 4.69) is 6.07 Å². The summed E-state index contributed by atoms with van der Waals surface area (Å²) in [5, 5.41) is 10.4. The second-order valence-corrected chi connectivity index (χ2v) is 6.66. The third kappa shape index (κ3) is 3.22. The third-order valence-electron chi connectivity index (χ3n) is 4.59. The molecule has 124 valence electrons. The third-order valence-corrected chi connectivity index (χ3v) is 4.83. The zero-order valence-electron chi connectivity index (χ0n) is 13.4. The molecule has 5 heteroatoms. The molecule has 0 aromatic heterocycles. The summed E-state index contributed by atoms with van der Waals surface area (Å²) >= 11 is 5.85. The molecular weight excluding hydrogens is 337 g/mol. The van der Waals surface area contributed by atoms with E-state index < -0.39 is 0 Å². The minimum atomic E-state index is -0.185. The average Bonchev–Trinajstić information content (AvgIpc) is 3.00. The molecule has 1 aliphatic heterocycles. The van der Waals surface area contributed by atoms with Crippen molar-refractivity contribution < 1.29 is 14.2 Å². The summed E-state index contributed by atoms with van der Waals surface area (Å²) < 4.78 is 19.2. The Morgan fingerprint density at radius 3 is 2.76 bits per heavy atom. The van der Waals surface area contributed by atoms with Gasteiger partial charge in [0.25, 0.3) is 0 Å². The van der Waals surface area contributed by atoms with Gasteiger partial charge in [-0.2, -0.15) is 0 Å². The Balaban J connectivity index is 1.63. The Bertz CT molecular complexity index is 945. The Labute approximate surface area is 150 Å². The molecule has 0 aliphatic carbocycles. The van der Waals surface area contributed by atoms with Crippen molar-refractivity contribution in [1.82, 2.24) is 0 Å². The zero-order valence-corrected chi connectivity index (χ0v) is 14.1. The summed E-state index contributed by atoms with van der Waals surface area (Å²) in [7, 11) is 0. The van der Waals surface area contributed by atoms with Gasteiger partial charge in [0, 0.05) is 11.1 Å². The first kappa shape index (κ1) is 16.0. The maximum absolute atomic E-state index is 13.4. The van der Waals surface area contributed by atoms with E-state index in [0.717, 1.165) is 23.8 Å². The second kappa shape index (κ2) is 6.45. The zero-order chi connectivity index (χ0) is 17.4. The number of fused-ring (bicyclic) bond motifs is 1. The van der Waals surface area contributed by atoms with Crippen molar-refractivity contribution in [2.24, 2.45) is 0 Å². The van der Waals surface area contributed by atoms with Crippen LogP contribution in [-0.4, -0.2) is 11.8 Å². The topological polar surface area (TPSA) is 29.5 Å². The van der Waals surface area contributed by atoms with E-state index in [1.807, 2.05) is 24.3 Å². The molecule has 0 bridgehead atoms. The van der Waals surface area contributed by atoms with Crippen LogP contribution in [0.15, 0.2) is 60.7 Å². The van der Waals surface area contributed by atoms with E-state index in [4.69, 9.17) is 16.3 Å². The highest BCUT2D eigenvalue weighted by Gasteiger charge is 2.28. The first-order valence-electron chi connectivity index (χ1n) is 8.15. The van der Waals surface area contributed by atoms with Crippen LogP contribution in [0, 0.1) is 5.82 Å². The molecule has 3 aromatic rings. The monoisotopic (exact) mass is 352 g/mol. The Morgan fingerprint density at radius 2 is 1.92 bits per heavy atom. The van der Waals surface area contributed by atoms with Crippen LogP contribution >= 0.6 is 11.6 Å². The smallest absolute Gasteiger partial charge is 0.210 e. The van der Waals surface area contributed by atoms with Gasteiger partial charge in [0.15, 0.2) is 11.5 Å². The highest BCUT2D eigenvalue weighted by atomic mass is 35.5. The standard InChI is InChI=1S/C20H15BClFO2/c22-15-4-7-20(19(24)12-15)25-17-3-1-2-14(11-17)21-9-8-13-10-16(23)5-6-18(13)21/h1-7,10-12,24H,8-9H2. The Morgan fingerprint density at radius 1 is 1.04 bits per heavy atom. The molecule has 0 atom stereocenters. The van der Waals surface area contributed by atoms with Crippen LogP contribution in [-0.2, 0) is 6.42 Å². The van der Waals surface area contributed by atoms with Gasteiger partial charge in [0.05, 0.1) is 0 Å². The number of aromatic hydroxyl groups is 1. The lowest BCUT2D eigenvalue weighted by atomic mass is 9.41. The lowest BCUT2D eigenvalue weighted by molar-refractivity contribution is 0.411. The van der Waals surface area contributed by atoms with Crippen molar-refractivity contribution in [3.63, 3.8) is 0 Å². The number of phenolic OH excluding ortho intramolecular Hbond substituents is 1. The van der Waals surface area contributed by atoms with E-state index in [1.165, 1.54) is 17.6 Å². The molecule has 1 aliphatic rings. The number of ether oxygens (including phenoxy) is 1. The van der Waals surface area contributed by atoms with E-state index in [0.29, 0.717) is 16.5 Å². The predicted molar refractivity (Wildman–Crippen MR) is 99.6 cm³/mol. The van der Waals surface area contributed by atoms with Gasteiger partial charge in [-0.3, -0.25) is 0 Å². The number of hydrogen-bond donors (Lipinski definition) is 1. The fourth-order valence-corrected chi connectivity index (χ4v) is 3.60. The van der Waals surface area contributed by atoms with Crippen LogP contribution in [0.1, 0.15) is 5.56 Å². The van der Waals surface area contributed by atoms with E-state index >= 15 is 0 Å². The van der Waals surface area contributed by atoms with Crippen LogP contribution < -0.4 is 15.7 Å². The highest BCUT2D eigenvalue weighted by Crippen LogP contribution is 2.32. The second-order valence-electron chi connectivity index (χ2n) is 6.22. The Kier molecular flexibility index (Phi) is 4.14. The molecule has 1 heterocycles. The molecule has 0 amide bonds. The minimum absolute atomic E-state index is 0.000379. The normalized spacial score (nSPS) is 13.0. The molecule has 0 radical (unpaired) electrons. The fraction of sp³-hybridized carbons (Fsp3) is 0.100. The molecular formula is C20H15BClFO2. The lowest BCUT2D eigenvalue weighted by Crippen LogP contribution is -2.39. The summed E-state index contributed by atoms with van der Waals surface area (Å²) in [5.41, 5.74) is 3.37. The van der Waals surface area contributed by atoms with Crippen molar-refractivity contribution >= 4 is 29.2 Å². The summed E-state index contributed by atoms with van der Waals surface area (Å²) in [5.74, 6) is 0.815. The number of rotatable bonds is 3. The molecule has 0 spiro atoms. The largest absolute Gasteiger partial charge is 0.504 e. The van der Waals surface area contributed by atoms with Crippen LogP contribution in [0.25, 0.3) is 0 Å². The maximum Gasteiger partial charge on any atom is 0.210 e. The number of aryl methyl sites for hydroxylation is 1. The van der Waals surface area contributed by atoms with Gasteiger partial charge in [-0.15, -0.1) is 0 Å². The van der Waals surface area contributed by atoms with Gasteiger partial charge in [0.2, 0.25) is 6.71 Å². The predicted octanol–water partition coefficient (Wildman–Crippen LogP) is 4.14. The van der Waals surface area contributed by atoms with Gasteiger partial charge in [-0.1, -0.05) is 52.6 Å². The summed E-state index contributed by atoms with van der Waals surface area (Å²) in [6.07, 6.45) is 1.83. The number of halogens is 2. The molecule has 0 saturated heterocycles. The quantitative estimate of drug-likeness (QED) is 0.718. The first-order valence-corrected chi connectivity index (χ1v) is 8.52. The molecule has 0 saturated carbocycles. The van der Waals surface area contributed by atoms with Crippen molar-refractivity contribution in [1.29, 1.82) is 0 Å². The van der Waals surface area contributed by atoms with Crippen molar-refractivity contribution in [3.8, 4) is 17.2 Å². The van der Waals surface area contributed by atoms with Gasteiger partial charge in [-0.05, 0) is 42.8 Å². The van der Waals surface area contributed by atoms with E-state index in [1.54, 1.807) is 18.2 Å². The minimum Gasteiger partial charge on any atom is -0.504 e. The van der Waals surface area contributed by atoms with Gasteiger partial charge < -0.3 is 9.84 Å². The first-order chi connectivity index (χ1) is 12.1. The number of hydrogen-bond acceptors (Lipinski definition) is 2. The van der Waals surface area contributed by atoms with Gasteiger partial charge >= 0.3 is 0 Å². The molecule has 0 fully saturated rings. The van der Waals surface area contributed by atoms with Crippen molar-refractivity contribution in [3.05, 3.63) is 77.1 Å². The average molecular weight is 353 g/mol. The van der Waals surface area contributed by atoms with Crippen molar-refractivity contribution in [2.45, 2.75) is 12.7 Å². The van der Waals surface area contributed by atoms with Crippen LogP contribution in [0.3, 0.4) is 0 Å². The van der Waals surface area contributed by atoms with E-state index in [-0.39, 0.29) is 18.3 Å². The summed E-state index contributed by atoms with van der Waals surface area (Å²) in [6, 6.07) is 17.6. The molecule has 3 aromatic carbocycles. The molecule has 4 rings (SSSR count). The Hall–Kier alpha value is -2.46. The van der Waals surface area contributed by atoms with Crippen LogP contribution in [0.2, 0.25) is 11.3 Å². The van der Waals surface area contributed by atoms with Gasteiger partial charge in [0.1, 0.15) is 11.6 Å². The molecule has 2 nitrogen and oxygen atoms in total. The van der Waals surface area contributed by atoms with Crippen molar-refractivity contribution in [2.75, 3.05) is 0 Å². The molecule has 1 N–H and O–H groups in total. The highest BCUT2D eigenvalue weighted by molar-refractivity contribution is 6.86. The van der Waals surface area contributed by atoms with Gasteiger partial charge in [-0.25, -0.2) is 4.39 Å². The number of benzene rings is 3. The summed E-state index contributed by atoms with van der Waals surface area (Å²) in [4.78, 5) is 0. The van der Waals surface area contributed by atoms with Crippen LogP contribution in [0.5, 0.6) is 17.2 Å². The summed E-state index contributed by atoms with van der Waals surface area (Å²) in [6.45, 7) is 0.234. The molecule has 25 heavy (non-hydrogen) atoms. The SMILES string of the molecule is Oc1cc(Cl)ccc1Oc1cccc(B2CCc3cc(F)ccc32)c1.